The zero-order chi connectivity index (χ0) is 23.1. The number of amides is 1. The van der Waals surface area contributed by atoms with Crippen molar-refractivity contribution in [3.05, 3.63) is 70.2 Å². The molecule has 166 valence electrons. The molecule has 0 unspecified atom stereocenters. The van der Waals surface area contributed by atoms with Gasteiger partial charge in [-0.1, -0.05) is 29.8 Å². The Labute approximate surface area is 194 Å². The molecule has 0 aliphatic carbocycles. The van der Waals surface area contributed by atoms with Crippen molar-refractivity contribution in [1.82, 2.24) is 4.98 Å². The summed E-state index contributed by atoms with van der Waals surface area (Å²) in [6, 6.07) is 12.6. The van der Waals surface area contributed by atoms with Gasteiger partial charge in [-0.25, -0.2) is 9.78 Å². The van der Waals surface area contributed by atoms with Gasteiger partial charge in [0, 0.05) is 18.4 Å². The van der Waals surface area contributed by atoms with Crippen molar-refractivity contribution < 1.29 is 23.8 Å². The molecule has 0 spiro atoms. The first-order valence-electron chi connectivity index (χ1n) is 9.49. The highest BCUT2D eigenvalue weighted by atomic mass is 35.5. The van der Waals surface area contributed by atoms with Gasteiger partial charge in [-0.2, -0.15) is 0 Å². The number of para-hydroxylation sites is 1. The molecule has 3 rings (SSSR count). The van der Waals surface area contributed by atoms with Crippen LogP contribution in [0.15, 0.2) is 53.9 Å². The Morgan fingerprint density at radius 2 is 1.91 bits per heavy atom. The van der Waals surface area contributed by atoms with Crippen molar-refractivity contribution in [2.75, 3.05) is 19.1 Å². The second-order valence-corrected chi connectivity index (χ2v) is 7.73. The molecule has 0 saturated carbocycles. The first-order chi connectivity index (χ1) is 15.4. The molecule has 0 radical (unpaired) electrons. The number of carbonyl (C=O) groups is 2. The number of nitrogens with zero attached hydrogens (tertiary/aromatic N) is 2. The maximum absolute atomic E-state index is 12.1. The van der Waals surface area contributed by atoms with Gasteiger partial charge in [-0.05, 0) is 35.9 Å². The van der Waals surface area contributed by atoms with Crippen molar-refractivity contribution in [2.45, 2.75) is 13.5 Å². The van der Waals surface area contributed by atoms with Gasteiger partial charge in [0.1, 0.15) is 6.61 Å². The molecule has 9 heteroatoms. The predicted octanol–water partition coefficient (Wildman–Crippen LogP) is 5.25. The van der Waals surface area contributed by atoms with Crippen LogP contribution in [-0.2, 0) is 20.9 Å². The molecule has 0 atom stereocenters. The lowest BCUT2D eigenvalue weighted by Gasteiger charge is -2.17. The number of benzene rings is 2. The van der Waals surface area contributed by atoms with E-state index >= 15 is 0 Å². The normalized spacial score (nSPS) is 10.8. The molecule has 0 N–H and O–H groups in total. The largest absolute Gasteiger partial charge is 0.493 e. The highest BCUT2D eigenvalue weighted by Gasteiger charge is 2.18. The lowest BCUT2D eigenvalue weighted by molar-refractivity contribution is -0.139. The molecule has 0 aliphatic rings. The molecule has 0 saturated heterocycles. The van der Waals surface area contributed by atoms with Gasteiger partial charge in [0.2, 0.25) is 5.91 Å². The van der Waals surface area contributed by atoms with Crippen LogP contribution >= 0.6 is 22.9 Å². The number of halogens is 1. The van der Waals surface area contributed by atoms with E-state index in [2.05, 4.69) is 4.98 Å². The summed E-state index contributed by atoms with van der Waals surface area (Å²) in [6.45, 7) is 1.45. The molecule has 0 fully saturated rings. The van der Waals surface area contributed by atoms with E-state index in [-0.39, 0.29) is 12.5 Å². The fourth-order valence-electron chi connectivity index (χ4n) is 2.86. The molecule has 0 aliphatic heterocycles. The maximum atomic E-state index is 12.1. The smallest absolute Gasteiger partial charge is 0.331 e. The fraction of sp³-hybridized carbons (Fsp3) is 0.174. The minimum atomic E-state index is -0.544. The van der Waals surface area contributed by atoms with Gasteiger partial charge in [0.05, 0.1) is 30.6 Å². The summed E-state index contributed by atoms with van der Waals surface area (Å²) >= 11 is 7.47. The third-order valence-electron chi connectivity index (χ3n) is 4.29. The van der Waals surface area contributed by atoms with Crippen LogP contribution in [0.3, 0.4) is 0 Å². The third-order valence-corrected chi connectivity index (χ3v) is 5.45. The number of thiazole rings is 1. The number of hydrogen-bond donors (Lipinski definition) is 0. The lowest BCUT2D eigenvalue weighted by Crippen LogP contribution is -2.22. The van der Waals surface area contributed by atoms with Gasteiger partial charge in [-0.3, -0.25) is 9.69 Å². The minimum absolute atomic E-state index is 0.0209. The van der Waals surface area contributed by atoms with E-state index in [9.17, 15) is 9.59 Å². The molecule has 0 bridgehead atoms. The van der Waals surface area contributed by atoms with Crippen molar-refractivity contribution in [2.24, 2.45) is 0 Å². The summed E-state index contributed by atoms with van der Waals surface area (Å²) in [4.78, 5) is 30.2. The molecule has 1 aromatic heterocycles. The fourth-order valence-corrected chi connectivity index (χ4v) is 4.03. The Morgan fingerprint density at radius 3 is 2.56 bits per heavy atom. The SMILES string of the molecule is COc1cc(/C=C/C(=O)OCc2csc(N(C(C)=O)c3ccccc3)n2)cc(Cl)c1OC. The second kappa shape index (κ2) is 10.8. The summed E-state index contributed by atoms with van der Waals surface area (Å²) < 4.78 is 15.7. The first-order valence-corrected chi connectivity index (χ1v) is 10.7. The van der Waals surface area contributed by atoms with Gasteiger partial charge >= 0.3 is 5.97 Å². The number of anilines is 2. The van der Waals surface area contributed by atoms with Crippen LogP contribution in [0.1, 0.15) is 18.2 Å². The Balaban J connectivity index is 1.64. The molecule has 32 heavy (non-hydrogen) atoms. The second-order valence-electron chi connectivity index (χ2n) is 6.49. The van der Waals surface area contributed by atoms with Gasteiger partial charge < -0.3 is 14.2 Å². The quantitative estimate of drug-likeness (QED) is 0.329. The molecular weight excluding hydrogens is 452 g/mol. The van der Waals surface area contributed by atoms with Crippen LogP contribution in [-0.4, -0.2) is 31.1 Å². The summed E-state index contributed by atoms with van der Waals surface area (Å²) in [7, 11) is 3.00. The number of methoxy groups -OCH3 is 2. The van der Waals surface area contributed by atoms with E-state index in [0.717, 1.165) is 5.69 Å². The predicted molar refractivity (Wildman–Crippen MR) is 125 cm³/mol. The lowest BCUT2D eigenvalue weighted by atomic mass is 10.2. The average molecular weight is 473 g/mol. The van der Waals surface area contributed by atoms with Gasteiger partial charge in [0.25, 0.3) is 0 Å². The number of carbonyl (C=O) groups excluding carboxylic acids is 2. The van der Waals surface area contributed by atoms with Crippen LogP contribution in [0.2, 0.25) is 5.02 Å². The van der Waals surface area contributed by atoms with Crippen LogP contribution in [0.4, 0.5) is 10.8 Å². The van der Waals surface area contributed by atoms with E-state index in [1.807, 2.05) is 30.3 Å². The standard InChI is InChI=1S/C23H21ClN2O5S/c1-15(27)26(18-7-5-4-6-8-18)23-25-17(14-32-23)13-31-21(28)10-9-16-11-19(24)22(30-3)20(12-16)29-2/h4-12,14H,13H2,1-3H3/b10-9+. The van der Waals surface area contributed by atoms with Crippen molar-refractivity contribution in [1.29, 1.82) is 0 Å². The summed E-state index contributed by atoms with van der Waals surface area (Å²) in [5, 5.41) is 2.62. The third kappa shape index (κ3) is 5.66. The topological polar surface area (TPSA) is 78.0 Å². The summed E-state index contributed by atoms with van der Waals surface area (Å²) in [5.74, 6) is 0.169. The van der Waals surface area contributed by atoms with Crippen molar-refractivity contribution >= 4 is 51.7 Å². The van der Waals surface area contributed by atoms with E-state index < -0.39 is 5.97 Å². The monoisotopic (exact) mass is 472 g/mol. The molecule has 3 aromatic rings. The van der Waals surface area contributed by atoms with E-state index in [1.165, 1.54) is 43.5 Å². The zero-order valence-electron chi connectivity index (χ0n) is 17.7. The van der Waals surface area contributed by atoms with Crippen LogP contribution in [0.25, 0.3) is 6.08 Å². The Bertz CT molecular complexity index is 1130. The van der Waals surface area contributed by atoms with E-state index in [4.69, 9.17) is 25.8 Å². The Hall–Kier alpha value is -3.36. The Morgan fingerprint density at radius 1 is 1.16 bits per heavy atom. The van der Waals surface area contributed by atoms with Crippen LogP contribution in [0.5, 0.6) is 11.5 Å². The first kappa shape index (κ1) is 23.3. The number of esters is 1. The molecule has 1 heterocycles. The zero-order valence-corrected chi connectivity index (χ0v) is 19.3. The van der Waals surface area contributed by atoms with Crippen molar-refractivity contribution in [3.8, 4) is 11.5 Å². The molecule has 2 aromatic carbocycles. The minimum Gasteiger partial charge on any atom is -0.493 e. The van der Waals surface area contributed by atoms with Gasteiger partial charge in [-0.15, -0.1) is 11.3 Å². The van der Waals surface area contributed by atoms with Crippen LogP contribution < -0.4 is 14.4 Å². The number of rotatable bonds is 8. The number of ether oxygens (including phenoxy) is 3. The van der Waals surface area contributed by atoms with Gasteiger partial charge in [0.15, 0.2) is 16.6 Å². The van der Waals surface area contributed by atoms with E-state index in [0.29, 0.717) is 32.9 Å². The number of aromatic nitrogens is 1. The Kier molecular flexibility index (Phi) is 7.86. The highest BCUT2D eigenvalue weighted by molar-refractivity contribution is 7.14. The molecule has 7 nitrogen and oxygen atoms in total. The average Bonchev–Trinajstić information content (AvgIpc) is 3.24. The van der Waals surface area contributed by atoms with Crippen LogP contribution in [0, 0.1) is 0 Å². The maximum Gasteiger partial charge on any atom is 0.331 e. The van der Waals surface area contributed by atoms with Crippen molar-refractivity contribution in [3.63, 3.8) is 0 Å². The van der Waals surface area contributed by atoms with E-state index in [1.54, 1.807) is 23.6 Å². The highest BCUT2D eigenvalue weighted by Crippen LogP contribution is 2.36. The summed E-state index contributed by atoms with van der Waals surface area (Å²) in [6.07, 6.45) is 2.85. The summed E-state index contributed by atoms with van der Waals surface area (Å²) in [5.41, 5.74) is 1.91. The number of hydrogen-bond acceptors (Lipinski definition) is 7. The molecular formula is C23H21ClN2O5S. The molecule has 1 amide bonds.